The Morgan fingerprint density at radius 3 is 2.43 bits per heavy atom. The molecule has 28 heavy (non-hydrogen) atoms. The molecule has 0 atom stereocenters. The van der Waals surface area contributed by atoms with E-state index >= 15 is 0 Å². The Morgan fingerprint density at radius 2 is 1.71 bits per heavy atom. The van der Waals surface area contributed by atoms with Gasteiger partial charge in [-0.2, -0.15) is 0 Å². The van der Waals surface area contributed by atoms with Gasteiger partial charge in [-0.15, -0.1) is 0 Å². The highest BCUT2D eigenvalue weighted by molar-refractivity contribution is 6.31. The summed E-state index contributed by atoms with van der Waals surface area (Å²) in [6, 6.07) is 13.2. The second-order valence-electron chi connectivity index (χ2n) is 6.59. The number of aliphatic hydroxyl groups excluding tert-OH is 1. The smallest absolute Gasteiger partial charge is 0.260 e. The van der Waals surface area contributed by atoms with E-state index < -0.39 is 0 Å². The molecular weight excluding hydrogens is 378 g/mol. The third-order valence-corrected chi connectivity index (χ3v) is 4.96. The maximum Gasteiger partial charge on any atom is 0.260 e. The Labute approximate surface area is 170 Å². The number of rotatable bonds is 9. The summed E-state index contributed by atoms with van der Waals surface area (Å²) in [6.45, 7) is 2.32. The number of benzene rings is 2. The van der Waals surface area contributed by atoms with Crippen LogP contribution in [0.5, 0.6) is 0 Å². The third kappa shape index (κ3) is 4.47. The van der Waals surface area contributed by atoms with E-state index in [1.165, 1.54) is 0 Å². The van der Waals surface area contributed by atoms with Crippen molar-refractivity contribution in [2.75, 3.05) is 49.3 Å². The number of hydrogen-bond acceptors (Lipinski definition) is 5. The summed E-state index contributed by atoms with van der Waals surface area (Å²) in [5.41, 5.74) is 8.88. The van der Waals surface area contributed by atoms with Crippen molar-refractivity contribution in [3.63, 3.8) is 0 Å². The van der Waals surface area contributed by atoms with Gasteiger partial charge in [0, 0.05) is 18.1 Å². The van der Waals surface area contributed by atoms with Crippen molar-refractivity contribution in [3.05, 3.63) is 53.1 Å². The zero-order valence-electron chi connectivity index (χ0n) is 15.8. The van der Waals surface area contributed by atoms with Crippen molar-refractivity contribution in [1.29, 1.82) is 0 Å². The van der Waals surface area contributed by atoms with Gasteiger partial charge < -0.3 is 25.4 Å². The number of carbonyl (C=O) groups excluding carboxylic acids is 1. The van der Waals surface area contributed by atoms with E-state index in [9.17, 15) is 4.79 Å². The highest BCUT2D eigenvalue weighted by Gasteiger charge is 2.30. The molecule has 0 spiro atoms. The predicted octanol–water partition coefficient (Wildman–Crippen LogP) is 3.19. The normalized spacial score (nSPS) is 13.3. The first-order chi connectivity index (χ1) is 13.7. The van der Waals surface area contributed by atoms with Gasteiger partial charge in [0.15, 0.2) is 0 Å². The van der Waals surface area contributed by atoms with Crippen LogP contribution in [0.3, 0.4) is 0 Å². The highest BCUT2D eigenvalue weighted by atomic mass is 35.5. The molecule has 0 radical (unpaired) electrons. The number of halogens is 1. The number of nitrogens with two attached hydrogens (primary N) is 1. The maximum absolute atomic E-state index is 13.4. The Balaban J connectivity index is 2.03. The Morgan fingerprint density at radius 1 is 0.964 bits per heavy atom. The number of para-hydroxylation sites is 2. The number of fused-ring (bicyclic) bond motifs is 2. The summed E-state index contributed by atoms with van der Waals surface area (Å²) in [7, 11) is 0. The molecule has 1 aliphatic heterocycles. The minimum Gasteiger partial charge on any atom is -0.394 e. The molecule has 0 fully saturated rings. The summed E-state index contributed by atoms with van der Waals surface area (Å²) < 4.78 is 5.41. The molecule has 3 rings (SSSR count). The van der Waals surface area contributed by atoms with Crippen LogP contribution >= 0.6 is 11.6 Å². The van der Waals surface area contributed by atoms with E-state index in [0.717, 1.165) is 36.4 Å². The van der Waals surface area contributed by atoms with E-state index in [0.29, 0.717) is 30.3 Å². The van der Waals surface area contributed by atoms with Crippen molar-refractivity contribution in [1.82, 2.24) is 0 Å². The van der Waals surface area contributed by atoms with Gasteiger partial charge in [-0.3, -0.25) is 4.79 Å². The number of unbranched alkanes of at least 4 members (excludes halogenated alkanes) is 1. The molecule has 1 heterocycles. The number of hydrogen-bond donors (Lipinski definition) is 2. The number of nitrogens with zero attached hydrogens (tertiary/aromatic N) is 2. The predicted molar refractivity (Wildman–Crippen MR) is 113 cm³/mol. The molecule has 1 aliphatic rings. The first kappa shape index (κ1) is 20.6. The zero-order chi connectivity index (χ0) is 19.9. The summed E-state index contributed by atoms with van der Waals surface area (Å²) in [5.74, 6) is -0.0898. The van der Waals surface area contributed by atoms with Crippen molar-refractivity contribution < 1.29 is 14.6 Å². The molecule has 0 saturated heterocycles. The molecular formula is C21H26ClN3O3. The van der Waals surface area contributed by atoms with Crippen LogP contribution in [0.15, 0.2) is 42.5 Å². The number of anilines is 3. The molecule has 6 nitrogen and oxygen atoms in total. The molecule has 0 aromatic heterocycles. The Hall–Kier alpha value is -2.12. The third-order valence-electron chi connectivity index (χ3n) is 4.72. The van der Waals surface area contributed by atoms with Gasteiger partial charge in [0.05, 0.1) is 42.4 Å². The van der Waals surface area contributed by atoms with E-state index in [4.69, 9.17) is 27.2 Å². The van der Waals surface area contributed by atoms with Gasteiger partial charge >= 0.3 is 0 Å². The number of carbonyl (C=O) groups is 1. The average Bonchev–Trinajstić information content (AvgIpc) is 2.79. The minimum atomic E-state index is -0.0898. The van der Waals surface area contributed by atoms with Gasteiger partial charge in [0.1, 0.15) is 0 Å². The SMILES string of the molecule is NCCCCN1c2cc(Cl)ccc2C(=O)N(CCOCCO)c2ccccc21. The van der Waals surface area contributed by atoms with Crippen molar-refractivity contribution in [2.24, 2.45) is 5.73 Å². The summed E-state index contributed by atoms with van der Waals surface area (Å²) in [5, 5.41) is 9.51. The fourth-order valence-corrected chi connectivity index (χ4v) is 3.58. The number of ether oxygens (including phenoxy) is 1. The molecule has 0 saturated carbocycles. The highest BCUT2D eigenvalue weighted by Crippen LogP contribution is 2.41. The molecule has 1 amide bonds. The molecule has 2 aromatic carbocycles. The summed E-state index contributed by atoms with van der Waals surface area (Å²) in [4.78, 5) is 17.3. The first-order valence-electron chi connectivity index (χ1n) is 9.54. The molecule has 2 aromatic rings. The largest absolute Gasteiger partial charge is 0.394 e. The Kier molecular flexibility index (Phi) is 7.28. The molecule has 7 heteroatoms. The zero-order valence-corrected chi connectivity index (χ0v) is 16.6. The van der Waals surface area contributed by atoms with E-state index in [1.54, 1.807) is 17.0 Å². The maximum atomic E-state index is 13.4. The minimum absolute atomic E-state index is 0.0409. The fraction of sp³-hybridized carbons (Fsp3) is 0.381. The van der Waals surface area contributed by atoms with Crippen LogP contribution < -0.4 is 15.5 Å². The number of amides is 1. The standard InChI is InChI=1S/C21H26ClN3O3/c22-16-7-8-17-20(15-16)24(10-4-3-9-23)18-5-1-2-6-19(18)25(21(17)27)11-13-28-14-12-26/h1-2,5-8,15,26H,3-4,9-14,23H2. The van der Waals surface area contributed by atoms with Gasteiger partial charge in [-0.25, -0.2) is 0 Å². The van der Waals surface area contributed by atoms with E-state index in [-0.39, 0.29) is 19.1 Å². The second kappa shape index (κ2) is 9.89. The van der Waals surface area contributed by atoms with Crippen LogP contribution in [-0.2, 0) is 4.74 Å². The molecule has 0 unspecified atom stereocenters. The molecule has 3 N–H and O–H groups in total. The van der Waals surface area contributed by atoms with Crippen molar-refractivity contribution in [3.8, 4) is 0 Å². The quantitative estimate of drug-likeness (QED) is 0.628. The van der Waals surface area contributed by atoms with Crippen LogP contribution in [0, 0.1) is 0 Å². The van der Waals surface area contributed by atoms with Gasteiger partial charge in [0.2, 0.25) is 0 Å². The molecule has 0 aliphatic carbocycles. The van der Waals surface area contributed by atoms with Crippen LogP contribution in [-0.4, -0.2) is 50.5 Å². The lowest BCUT2D eigenvalue weighted by Gasteiger charge is -2.27. The van der Waals surface area contributed by atoms with Gasteiger partial charge in [-0.05, 0) is 49.7 Å². The first-order valence-corrected chi connectivity index (χ1v) is 9.92. The molecule has 150 valence electrons. The lowest BCUT2D eigenvalue weighted by molar-refractivity contribution is 0.0888. The van der Waals surface area contributed by atoms with Crippen molar-refractivity contribution in [2.45, 2.75) is 12.8 Å². The fourth-order valence-electron chi connectivity index (χ4n) is 3.41. The van der Waals surface area contributed by atoms with Crippen LogP contribution in [0.4, 0.5) is 17.1 Å². The molecule has 0 bridgehead atoms. The van der Waals surface area contributed by atoms with Gasteiger partial charge in [0.25, 0.3) is 5.91 Å². The van der Waals surface area contributed by atoms with E-state index in [2.05, 4.69) is 4.90 Å². The lowest BCUT2D eigenvalue weighted by Crippen LogP contribution is -2.33. The second-order valence-corrected chi connectivity index (χ2v) is 7.03. The lowest BCUT2D eigenvalue weighted by atomic mass is 10.1. The summed E-state index contributed by atoms with van der Waals surface area (Å²) in [6.07, 6.45) is 1.81. The average molecular weight is 404 g/mol. The van der Waals surface area contributed by atoms with Crippen LogP contribution in [0.1, 0.15) is 23.2 Å². The summed E-state index contributed by atoms with van der Waals surface area (Å²) >= 11 is 6.27. The van der Waals surface area contributed by atoms with Crippen molar-refractivity contribution >= 4 is 34.6 Å². The Bertz CT molecular complexity index is 815. The van der Waals surface area contributed by atoms with Gasteiger partial charge in [-0.1, -0.05) is 23.7 Å². The van der Waals surface area contributed by atoms with Crippen LogP contribution in [0.2, 0.25) is 5.02 Å². The van der Waals surface area contributed by atoms with E-state index in [1.807, 2.05) is 30.3 Å². The monoisotopic (exact) mass is 403 g/mol. The topological polar surface area (TPSA) is 79.0 Å². The number of aliphatic hydroxyl groups is 1. The van der Waals surface area contributed by atoms with Crippen LogP contribution in [0.25, 0.3) is 0 Å².